The van der Waals surface area contributed by atoms with Gasteiger partial charge in [0.05, 0.1) is 0 Å². The van der Waals surface area contributed by atoms with E-state index < -0.39 is 0 Å². The van der Waals surface area contributed by atoms with E-state index in [1.54, 1.807) is 6.92 Å². The fourth-order valence-electron chi connectivity index (χ4n) is 4.58. The first kappa shape index (κ1) is 20.0. The number of carbonyl (C=O) groups is 1. The highest BCUT2D eigenvalue weighted by Gasteiger charge is 2.26. The van der Waals surface area contributed by atoms with Crippen LogP contribution in [0.3, 0.4) is 0 Å². The van der Waals surface area contributed by atoms with Crippen LogP contribution in [0, 0.1) is 0 Å². The van der Waals surface area contributed by atoms with Gasteiger partial charge in [0, 0.05) is 62.9 Å². The molecule has 1 aromatic heterocycles. The third kappa shape index (κ3) is 4.84. The van der Waals surface area contributed by atoms with E-state index in [2.05, 4.69) is 42.2 Å². The summed E-state index contributed by atoms with van der Waals surface area (Å²) in [5.74, 6) is 1.95. The minimum atomic E-state index is 0.160. The van der Waals surface area contributed by atoms with Crippen molar-refractivity contribution in [2.24, 2.45) is 0 Å². The molecule has 5 nitrogen and oxygen atoms in total. The summed E-state index contributed by atoms with van der Waals surface area (Å²) in [6, 6.07) is 10.8. The topological polar surface area (TPSA) is 49.3 Å². The molecular weight excluding hydrogens is 360 g/mol. The molecule has 1 amide bonds. The second-order valence-corrected chi connectivity index (χ2v) is 8.63. The largest absolute Gasteiger partial charge is 0.342 e. The van der Waals surface area contributed by atoms with Crippen molar-refractivity contribution in [2.75, 3.05) is 26.2 Å². The van der Waals surface area contributed by atoms with Crippen LogP contribution in [-0.4, -0.2) is 51.9 Å². The van der Waals surface area contributed by atoms with Crippen LogP contribution >= 0.6 is 0 Å². The number of benzene rings is 1. The predicted molar refractivity (Wildman–Crippen MR) is 115 cm³/mol. The monoisotopic (exact) mass is 392 g/mol. The number of rotatable bonds is 5. The summed E-state index contributed by atoms with van der Waals surface area (Å²) in [6.45, 7) is 8.72. The first-order valence-electron chi connectivity index (χ1n) is 11.0. The Morgan fingerprint density at radius 2 is 2.07 bits per heavy atom. The molecule has 0 unspecified atom stereocenters. The van der Waals surface area contributed by atoms with E-state index in [-0.39, 0.29) is 11.8 Å². The number of aromatic nitrogens is 2. The van der Waals surface area contributed by atoms with Crippen molar-refractivity contribution in [3.63, 3.8) is 0 Å². The molecule has 2 aromatic rings. The zero-order valence-corrected chi connectivity index (χ0v) is 17.7. The lowest BCUT2D eigenvalue weighted by molar-refractivity contribution is -0.130. The highest BCUT2D eigenvalue weighted by atomic mass is 16.2. The molecule has 2 atom stereocenters. The van der Waals surface area contributed by atoms with Crippen LogP contribution in [0.4, 0.5) is 0 Å². The van der Waals surface area contributed by atoms with Crippen molar-refractivity contribution in [3.8, 4) is 0 Å². The molecule has 2 aliphatic rings. The van der Waals surface area contributed by atoms with Gasteiger partial charge in [0.2, 0.25) is 5.91 Å². The predicted octanol–water partition coefficient (Wildman–Crippen LogP) is 3.75. The highest BCUT2D eigenvalue weighted by Crippen LogP contribution is 2.27. The summed E-state index contributed by atoms with van der Waals surface area (Å²) in [7, 11) is 0. The quantitative estimate of drug-likeness (QED) is 0.777. The summed E-state index contributed by atoms with van der Waals surface area (Å²) < 4.78 is 0. The SMILES string of the molecule is CC(=O)N1CCC[C@H](c2ncc3c(n2)CCN(CC[C@@H](C)c2ccccc2)C3)C1. The molecule has 4 rings (SSSR count). The standard InChI is InChI=1S/C24H32N4O/c1-18(20-7-4-3-5-8-20)10-13-27-14-11-23-22(16-27)15-25-24(26-23)21-9-6-12-28(17-21)19(2)29/h3-5,7-8,15,18,21H,6,9-14,16-17H2,1-2H3/t18-,21+/m1/s1. The Bertz CT molecular complexity index is 838. The van der Waals surface area contributed by atoms with Crippen molar-refractivity contribution in [1.82, 2.24) is 19.8 Å². The van der Waals surface area contributed by atoms with Gasteiger partial charge < -0.3 is 4.90 Å². The van der Waals surface area contributed by atoms with Crippen LogP contribution in [-0.2, 0) is 17.8 Å². The third-order valence-corrected chi connectivity index (χ3v) is 6.51. The Kier molecular flexibility index (Phi) is 6.24. The van der Waals surface area contributed by atoms with E-state index in [0.29, 0.717) is 5.92 Å². The molecule has 0 bridgehead atoms. The second kappa shape index (κ2) is 9.04. The van der Waals surface area contributed by atoms with E-state index in [0.717, 1.165) is 57.8 Å². The summed E-state index contributed by atoms with van der Waals surface area (Å²) in [5, 5.41) is 0. The number of hydrogen-bond acceptors (Lipinski definition) is 4. The Hall–Kier alpha value is -2.27. The van der Waals surface area contributed by atoms with E-state index in [4.69, 9.17) is 9.97 Å². The molecule has 0 N–H and O–H groups in total. The number of likely N-dealkylation sites (tertiary alicyclic amines) is 1. The molecule has 0 aliphatic carbocycles. The van der Waals surface area contributed by atoms with Crippen molar-refractivity contribution >= 4 is 5.91 Å². The van der Waals surface area contributed by atoms with Crippen LogP contribution in [0.5, 0.6) is 0 Å². The zero-order chi connectivity index (χ0) is 20.2. The van der Waals surface area contributed by atoms with Gasteiger partial charge in [0.25, 0.3) is 0 Å². The molecular formula is C24H32N4O. The first-order chi connectivity index (χ1) is 14.1. The van der Waals surface area contributed by atoms with Crippen LogP contribution < -0.4 is 0 Å². The molecule has 154 valence electrons. The first-order valence-corrected chi connectivity index (χ1v) is 11.0. The molecule has 3 heterocycles. The lowest BCUT2D eigenvalue weighted by Crippen LogP contribution is -2.38. The van der Waals surface area contributed by atoms with Gasteiger partial charge in [0.1, 0.15) is 5.82 Å². The number of piperidine rings is 1. The number of nitrogens with zero attached hydrogens (tertiary/aromatic N) is 4. The van der Waals surface area contributed by atoms with Gasteiger partial charge in [0.15, 0.2) is 0 Å². The molecule has 0 spiro atoms. The normalized spacial score (nSPS) is 20.9. The Labute approximate surface area is 174 Å². The minimum Gasteiger partial charge on any atom is -0.342 e. The molecule has 0 radical (unpaired) electrons. The third-order valence-electron chi connectivity index (χ3n) is 6.51. The molecule has 29 heavy (non-hydrogen) atoms. The number of amides is 1. The molecule has 1 saturated heterocycles. The van der Waals surface area contributed by atoms with Crippen molar-refractivity contribution in [2.45, 2.75) is 57.9 Å². The lowest BCUT2D eigenvalue weighted by atomic mass is 9.96. The van der Waals surface area contributed by atoms with Crippen LogP contribution in [0.25, 0.3) is 0 Å². The van der Waals surface area contributed by atoms with Gasteiger partial charge in [-0.3, -0.25) is 9.69 Å². The van der Waals surface area contributed by atoms with E-state index in [1.165, 1.54) is 23.2 Å². The lowest BCUT2D eigenvalue weighted by Gasteiger charge is -2.32. The van der Waals surface area contributed by atoms with Gasteiger partial charge in [-0.15, -0.1) is 0 Å². The maximum atomic E-state index is 11.7. The Morgan fingerprint density at radius 1 is 1.24 bits per heavy atom. The Morgan fingerprint density at radius 3 is 2.86 bits per heavy atom. The Balaban J connectivity index is 1.35. The van der Waals surface area contributed by atoms with Crippen LogP contribution in [0.2, 0.25) is 0 Å². The molecule has 0 saturated carbocycles. The second-order valence-electron chi connectivity index (χ2n) is 8.63. The van der Waals surface area contributed by atoms with E-state index in [9.17, 15) is 4.79 Å². The zero-order valence-electron chi connectivity index (χ0n) is 17.7. The van der Waals surface area contributed by atoms with Crippen molar-refractivity contribution in [1.29, 1.82) is 0 Å². The summed E-state index contributed by atoms with van der Waals surface area (Å²) >= 11 is 0. The number of hydrogen-bond donors (Lipinski definition) is 0. The van der Waals surface area contributed by atoms with E-state index >= 15 is 0 Å². The van der Waals surface area contributed by atoms with Gasteiger partial charge in [-0.1, -0.05) is 37.3 Å². The summed E-state index contributed by atoms with van der Waals surface area (Å²) in [4.78, 5) is 25.8. The number of carbonyl (C=O) groups excluding carboxylic acids is 1. The molecule has 2 aliphatic heterocycles. The maximum Gasteiger partial charge on any atom is 0.219 e. The van der Waals surface area contributed by atoms with Crippen LogP contribution in [0.15, 0.2) is 36.5 Å². The fraction of sp³-hybridized carbons (Fsp3) is 0.542. The maximum absolute atomic E-state index is 11.7. The van der Waals surface area contributed by atoms with Crippen LogP contribution in [0.1, 0.15) is 67.6 Å². The molecule has 1 aromatic carbocycles. The van der Waals surface area contributed by atoms with Crippen molar-refractivity contribution < 1.29 is 4.79 Å². The summed E-state index contributed by atoms with van der Waals surface area (Å²) in [6.07, 6.45) is 6.32. The van der Waals surface area contributed by atoms with E-state index in [1.807, 2.05) is 11.1 Å². The average Bonchev–Trinajstić information content (AvgIpc) is 2.77. The number of fused-ring (bicyclic) bond motifs is 1. The van der Waals surface area contributed by atoms with Gasteiger partial charge in [-0.25, -0.2) is 9.97 Å². The summed E-state index contributed by atoms with van der Waals surface area (Å²) in [5.41, 5.74) is 3.90. The van der Waals surface area contributed by atoms with Gasteiger partial charge >= 0.3 is 0 Å². The smallest absolute Gasteiger partial charge is 0.219 e. The molecule has 1 fully saturated rings. The highest BCUT2D eigenvalue weighted by molar-refractivity contribution is 5.73. The average molecular weight is 393 g/mol. The van der Waals surface area contributed by atoms with Gasteiger partial charge in [-0.05, 0) is 37.3 Å². The fourth-order valence-corrected chi connectivity index (χ4v) is 4.58. The van der Waals surface area contributed by atoms with Crippen molar-refractivity contribution in [3.05, 3.63) is 59.2 Å². The molecule has 5 heteroatoms. The minimum absolute atomic E-state index is 0.160. The van der Waals surface area contributed by atoms with Gasteiger partial charge in [-0.2, -0.15) is 0 Å².